The Morgan fingerprint density at radius 1 is 1.18 bits per heavy atom. The highest BCUT2D eigenvalue weighted by Crippen LogP contribution is 2.31. The number of esters is 1. The van der Waals surface area contributed by atoms with Crippen molar-refractivity contribution in [1.29, 1.82) is 0 Å². The van der Waals surface area contributed by atoms with E-state index in [1.54, 1.807) is 25.3 Å². The van der Waals surface area contributed by atoms with Gasteiger partial charge in [0.2, 0.25) is 11.7 Å². The number of carbonyl (C=O) groups is 2. The molecule has 1 aromatic carbocycles. The van der Waals surface area contributed by atoms with Crippen molar-refractivity contribution in [2.75, 3.05) is 27.4 Å². The van der Waals surface area contributed by atoms with Gasteiger partial charge in [-0.05, 0) is 24.1 Å². The van der Waals surface area contributed by atoms with Crippen LogP contribution in [0.25, 0.3) is 11.4 Å². The summed E-state index contributed by atoms with van der Waals surface area (Å²) >= 11 is 0. The van der Waals surface area contributed by atoms with Gasteiger partial charge in [0.1, 0.15) is 0 Å². The minimum atomic E-state index is -0.509. The number of hydrogen-bond acceptors (Lipinski definition) is 8. The Bertz CT molecular complexity index is 803. The molecule has 0 aliphatic carbocycles. The van der Waals surface area contributed by atoms with E-state index in [9.17, 15) is 9.59 Å². The molecule has 0 aliphatic rings. The predicted molar refractivity (Wildman–Crippen MR) is 100.0 cm³/mol. The summed E-state index contributed by atoms with van der Waals surface area (Å²) in [4.78, 5) is 27.6. The maximum absolute atomic E-state index is 11.8. The fraction of sp³-hybridized carbons (Fsp3) is 0.474. The lowest BCUT2D eigenvalue weighted by Gasteiger charge is -2.07. The Morgan fingerprint density at radius 3 is 2.61 bits per heavy atom. The van der Waals surface area contributed by atoms with Gasteiger partial charge in [-0.3, -0.25) is 9.59 Å². The van der Waals surface area contributed by atoms with Crippen molar-refractivity contribution >= 4 is 11.9 Å². The molecule has 9 heteroatoms. The SMILES string of the molecule is COc1ccc(-c2noc(CCC(=O)OCC(=O)NCC(C)C)n2)cc1OC. The van der Waals surface area contributed by atoms with Crippen molar-refractivity contribution in [3.63, 3.8) is 0 Å². The molecule has 0 saturated heterocycles. The summed E-state index contributed by atoms with van der Waals surface area (Å²) in [6.45, 7) is 4.20. The molecule has 1 amide bonds. The van der Waals surface area contributed by atoms with Crippen LogP contribution < -0.4 is 14.8 Å². The molecular formula is C19H25N3O6. The average Bonchev–Trinajstić information content (AvgIpc) is 3.17. The number of benzene rings is 1. The topological polar surface area (TPSA) is 113 Å². The number of methoxy groups -OCH3 is 2. The summed E-state index contributed by atoms with van der Waals surface area (Å²) in [5.41, 5.74) is 0.692. The van der Waals surface area contributed by atoms with Crippen LogP contribution in [0.5, 0.6) is 11.5 Å². The standard InChI is InChI=1S/C19H25N3O6/c1-12(2)10-20-16(23)11-27-18(24)8-7-17-21-19(22-28-17)13-5-6-14(25-3)15(9-13)26-4/h5-6,9,12H,7-8,10-11H2,1-4H3,(H,20,23). The number of aryl methyl sites for hydroxylation is 1. The molecule has 0 radical (unpaired) electrons. The van der Waals surface area contributed by atoms with E-state index in [2.05, 4.69) is 15.5 Å². The fourth-order valence-corrected chi connectivity index (χ4v) is 2.25. The van der Waals surface area contributed by atoms with Crippen LogP contribution in [0, 0.1) is 5.92 Å². The van der Waals surface area contributed by atoms with Crippen LogP contribution in [0.2, 0.25) is 0 Å². The van der Waals surface area contributed by atoms with E-state index in [0.717, 1.165) is 0 Å². The lowest BCUT2D eigenvalue weighted by molar-refractivity contribution is -0.148. The minimum absolute atomic E-state index is 0.0328. The van der Waals surface area contributed by atoms with Crippen molar-refractivity contribution in [3.05, 3.63) is 24.1 Å². The van der Waals surface area contributed by atoms with Crippen LogP contribution in [0.3, 0.4) is 0 Å². The summed E-state index contributed by atoms with van der Waals surface area (Å²) in [5, 5.41) is 6.59. The first kappa shape index (κ1) is 21.2. The van der Waals surface area contributed by atoms with Crippen LogP contribution in [0.15, 0.2) is 22.7 Å². The van der Waals surface area contributed by atoms with E-state index in [1.165, 1.54) is 7.11 Å². The van der Waals surface area contributed by atoms with Crippen LogP contribution >= 0.6 is 0 Å². The van der Waals surface area contributed by atoms with E-state index >= 15 is 0 Å². The second-order valence-corrected chi connectivity index (χ2v) is 6.44. The van der Waals surface area contributed by atoms with E-state index in [4.69, 9.17) is 18.7 Å². The van der Waals surface area contributed by atoms with Gasteiger partial charge in [0, 0.05) is 18.5 Å². The molecule has 0 unspecified atom stereocenters. The highest BCUT2D eigenvalue weighted by Gasteiger charge is 2.14. The summed E-state index contributed by atoms with van der Waals surface area (Å²) in [5.74, 6) is 1.31. The number of carbonyl (C=O) groups excluding carboxylic acids is 2. The maximum Gasteiger partial charge on any atom is 0.306 e. The zero-order valence-corrected chi connectivity index (χ0v) is 16.5. The monoisotopic (exact) mass is 391 g/mol. The largest absolute Gasteiger partial charge is 0.493 e. The Morgan fingerprint density at radius 2 is 1.93 bits per heavy atom. The molecule has 1 N–H and O–H groups in total. The van der Waals surface area contributed by atoms with Crippen LogP contribution in [-0.2, 0) is 20.7 Å². The lowest BCUT2D eigenvalue weighted by atomic mass is 10.2. The second-order valence-electron chi connectivity index (χ2n) is 6.44. The molecule has 2 rings (SSSR count). The van der Waals surface area contributed by atoms with Crippen LogP contribution in [-0.4, -0.2) is 49.4 Å². The molecule has 152 valence electrons. The van der Waals surface area contributed by atoms with E-state index in [-0.39, 0.29) is 25.4 Å². The van der Waals surface area contributed by atoms with Crippen LogP contribution in [0.1, 0.15) is 26.2 Å². The number of amides is 1. The summed E-state index contributed by atoms with van der Waals surface area (Å²) in [7, 11) is 3.09. The summed E-state index contributed by atoms with van der Waals surface area (Å²) in [6.07, 6.45) is 0.248. The first-order valence-electron chi connectivity index (χ1n) is 8.90. The summed E-state index contributed by atoms with van der Waals surface area (Å²) < 4.78 is 20.6. The van der Waals surface area contributed by atoms with Gasteiger partial charge in [0.25, 0.3) is 5.91 Å². The first-order valence-corrected chi connectivity index (χ1v) is 8.90. The average molecular weight is 391 g/mol. The molecule has 1 heterocycles. The number of hydrogen-bond donors (Lipinski definition) is 1. The van der Waals surface area contributed by atoms with Crippen molar-refractivity contribution < 1.29 is 28.3 Å². The van der Waals surface area contributed by atoms with E-state index in [0.29, 0.717) is 41.2 Å². The molecule has 1 aromatic heterocycles. The molecule has 0 atom stereocenters. The molecule has 0 fully saturated rings. The van der Waals surface area contributed by atoms with Gasteiger partial charge >= 0.3 is 5.97 Å². The molecular weight excluding hydrogens is 366 g/mol. The minimum Gasteiger partial charge on any atom is -0.493 e. The number of nitrogens with one attached hydrogen (secondary N) is 1. The normalized spacial score (nSPS) is 10.6. The number of ether oxygens (including phenoxy) is 3. The highest BCUT2D eigenvalue weighted by molar-refractivity contribution is 5.80. The summed E-state index contributed by atoms with van der Waals surface area (Å²) in [6, 6.07) is 5.25. The highest BCUT2D eigenvalue weighted by atomic mass is 16.5. The molecule has 0 spiro atoms. The molecule has 0 bridgehead atoms. The van der Waals surface area contributed by atoms with E-state index < -0.39 is 5.97 Å². The number of nitrogens with zero attached hydrogens (tertiary/aromatic N) is 2. The van der Waals surface area contributed by atoms with Gasteiger partial charge in [-0.15, -0.1) is 0 Å². The third-order valence-corrected chi connectivity index (χ3v) is 3.72. The van der Waals surface area contributed by atoms with Gasteiger partial charge in [-0.1, -0.05) is 19.0 Å². The zero-order valence-electron chi connectivity index (χ0n) is 16.5. The van der Waals surface area contributed by atoms with Crippen molar-refractivity contribution in [1.82, 2.24) is 15.5 Å². The lowest BCUT2D eigenvalue weighted by Crippen LogP contribution is -2.31. The second kappa shape index (κ2) is 10.3. The van der Waals surface area contributed by atoms with Crippen LogP contribution in [0.4, 0.5) is 0 Å². The van der Waals surface area contributed by atoms with Gasteiger partial charge in [0.05, 0.1) is 20.6 Å². The maximum atomic E-state index is 11.8. The van der Waals surface area contributed by atoms with Crippen molar-refractivity contribution in [2.45, 2.75) is 26.7 Å². The quantitative estimate of drug-likeness (QED) is 0.612. The van der Waals surface area contributed by atoms with E-state index in [1.807, 2.05) is 13.8 Å². The first-order chi connectivity index (χ1) is 13.4. The molecule has 0 saturated carbocycles. The molecule has 9 nitrogen and oxygen atoms in total. The Kier molecular flexibility index (Phi) is 7.79. The van der Waals surface area contributed by atoms with Gasteiger partial charge < -0.3 is 24.1 Å². The Labute approximate surface area is 163 Å². The molecule has 28 heavy (non-hydrogen) atoms. The van der Waals surface area contributed by atoms with Gasteiger partial charge in [0.15, 0.2) is 18.1 Å². The Balaban J connectivity index is 1.84. The van der Waals surface area contributed by atoms with Gasteiger partial charge in [-0.25, -0.2) is 0 Å². The predicted octanol–water partition coefficient (Wildman–Crippen LogP) is 2.00. The zero-order chi connectivity index (χ0) is 20.5. The Hall–Kier alpha value is -3.10. The molecule has 2 aromatic rings. The fourth-order valence-electron chi connectivity index (χ4n) is 2.25. The number of rotatable bonds is 10. The third kappa shape index (κ3) is 6.26. The third-order valence-electron chi connectivity index (χ3n) is 3.72. The smallest absolute Gasteiger partial charge is 0.306 e. The van der Waals surface area contributed by atoms with Gasteiger partial charge in [-0.2, -0.15) is 4.98 Å². The number of aromatic nitrogens is 2. The van der Waals surface area contributed by atoms with Crippen molar-refractivity contribution in [2.24, 2.45) is 5.92 Å². The molecule has 0 aliphatic heterocycles. The van der Waals surface area contributed by atoms with Crippen molar-refractivity contribution in [3.8, 4) is 22.9 Å².